The molecule has 0 atom stereocenters. The molecule has 250 valence electrons. The number of fused-ring (bicyclic) bond motifs is 15. The average Bonchev–Trinajstić information content (AvgIpc) is 3.85. The smallest absolute Gasteiger partial charge is 0.0629 e. The summed E-state index contributed by atoms with van der Waals surface area (Å²) in [5.41, 5.74) is 22.7. The SMILES string of the molecule is CC1(C)c2ccccc2-c2c1c1c(c3c2c2ccccc2n3-c2cccc(-c3ccc4c5c(cccc35)-c3ccccc3-4)c2)-c2ccccc2C1(C)C. The first kappa shape index (κ1) is 29.4. The van der Waals surface area contributed by atoms with Crippen molar-refractivity contribution in [2.45, 2.75) is 38.5 Å². The third-order valence-electron chi connectivity index (χ3n) is 13.1. The van der Waals surface area contributed by atoms with Crippen LogP contribution in [0.5, 0.6) is 0 Å². The number of rotatable bonds is 2. The summed E-state index contributed by atoms with van der Waals surface area (Å²) in [4.78, 5) is 0. The summed E-state index contributed by atoms with van der Waals surface area (Å²) in [5, 5.41) is 5.35. The maximum Gasteiger partial charge on any atom is 0.0629 e. The van der Waals surface area contributed by atoms with E-state index in [4.69, 9.17) is 0 Å². The highest BCUT2D eigenvalue weighted by atomic mass is 15.0. The van der Waals surface area contributed by atoms with Crippen LogP contribution >= 0.6 is 0 Å². The molecule has 53 heavy (non-hydrogen) atoms. The monoisotopic (exact) mass is 675 g/mol. The van der Waals surface area contributed by atoms with Gasteiger partial charge in [0.25, 0.3) is 0 Å². The van der Waals surface area contributed by atoms with Crippen LogP contribution in [-0.2, 0) is 10.8 Å². The molecular formula is C52H37N. The van der Waals surface area contributed by atoms with Crippen LogP contribution in [0.2, 0.25) is 0 Å². The molecule has 0 saturated heterocycles. The van der Waals surface area contributed by atoms with Crippen LogP contribution < -0.4 is 0 Å². The number of hydrogen-bond donors (Lipinski definition) is 0. The lowest BCUT2D eigenvalue weighted by atomic mass is 9.72. The molecule has 3 aliphatic carbocycles. The molecule has 1 heterocycles. The molecule has 0 saturated carbocycles. The Kier molecular flexibility index (Phi) is 5.45. The number of hydrogen-bond acceptors (Lipinski definition) is 0. The van der Waals surface area contributed by atoms with Gasteiger partial charge in [0.15, 0.2) is 0 Å². The van der Waals surface area contributed by atoms with E-state index in [-0.39, 0.29) is 10.8 Å². The maximum absolute atomic E-state index is 2.59. The number of benzene rings is 8. The molecule has 1 heteroatoms. The van der Waals surface area contributed by atoms with Crippen molar-refractivity contribution in [1.82, 2.24) is 4.57 Å². The molecular weight excluding hydrogens is 639 g/mol. The molecule has 0 radical (unpaired) electrons. The van der Waals surface area contributed by atoms with Crippen LogP contribution in [0.25, 0.3) is 93.9 Å². The van der Waals surface area contributed by atoms with Crippen LogP contribution in [0.1, 0.15) is 49.9 Å². The summed E-state index contributed by atoms with van der Waals surface area (Å²) in [6.45, 7) is 9.79. The molecule has 0 spiro atoms. The van der Waals surface area contributed by atoms with E-state index in [2.05, 4.69) is 184 Å². The van der Waals surface area contributed by atoms with Crippen molar-refractivity contribution in [1.29, 1.82) is 0 Å². The van der Waals surface area contributed by atoms with Gasteiger partial charge in [0.2, 0.25) is 0 Å². The number of para-hydroxylation sites is 1. The number of nitrogens with zero attached hydrogens (tertiary/aromatic N) is 1. The zero-order valence-corrected chi connectivity index (χ0v) is 30.4. The van der Waals surface area contributed by atoms with Gasteiger partial charge in [-0.3, -0.25) is 0 Å². The summed E-state index contributed by atoms with van der Waals surface area (Å²) in [6.07, 6.45) is 0. The van der Waals surface area contributed by atoms with Crippen LogP contribution in [0.3, 0.4) is 0 Å². The normalized spacial score (nSPS) is 15.1. The quantitative estimate of drug-likeness (QED) is 0.172. The predicted molar refractivity (Wildman–Crippen MR) is 223 cm³/mol. The van der Waals surface area contributed by atoms with Gasteiger partial charge in [-0.05, 0) is 101 Å². The summed E-state index contributed by atoms with van der Waals surface area (Å²) < 4.78 is 2.59. The van der Waals surface area contributed by atoms with E-state index in [1.54, 1.807) is 0 Å². The second-order valence-electron chi connectivity index (χ2n) is 16.4. The van der Waals surface area contributed by atoms with Gasteiger partial charge in [0.1, 0.15) is 0 Å². The first-order valence-corrected chi connectivity index (χ1v) is 19.0. The number of aromatic nitrogens is 1. The molecule has 9 aromatic rings. The molecule has 1 aromatic heterocycles. The lowest BCUT2D eigenvalue weighted by Crippen LogP contribution is -2.24. The first-order chi connectivity index (χ1) is 25.9. The van der Waals surface area contributed by atoms with Crippen LogP contribution in [-0.4, -0.2) is 4.57 Å². The Labute approximate surface area is 309 Å². The second-order valence-corrected chi connectivity index (χ2v) is 16.4. The molecule has 1 nitrogen and oxygen atoms in total. The minimum atomic E-state index is -0.158. The zero-order valence-electron chi connectivity index (χ0n) is 30.4. The molecule has 0 unspecified atom stereocenters. The fourth-order valence-corrected chi connectivity index (χ4v) is 10.9. The van der Waals surface area contributed by atoms with Crippen molar-refractivity contribution >= 4 is 32.6 Å². The van der Waals surface area contributed by atoms with E-state index in [0.29, 0.717) is 0 Å². The Morgan fingerprint density at radius 2 is 0.925 bits per heavy atom. The molecule has 0 bridgehead atoms. The Morgan fingerprint density at radius 3 is 1.66 bits per heavy atom. The van der Waals surface area contributed by atoms with Crippen molar-refractivity contribution in [2.24, 2.45) is 0 Å². The third kappa shape index (κ3) is 3.49. The fraction of sp³-hybridized carbons (Fsp3) is 0.115. The van der Waals surface area contributed by atoms with Gasteiger partial charge in [-0.15, -0.1) is 0 Å². The van der Waals surface area contributed by atoms with E-state index < -0.39 is 0 Å². The standard InChI is InChI=1S/C52H37N/c1-51(2)41-24-10-7-19-38(41)45-46-40-21-9-12-26-43(40)53(50(46)47-39-20-8-11-25-42(39)52(3,4)49(47)48(45)51)31-16-13-15-30(29-31)32-27-28-37-34-18-6-5-17-33(34)36-23-14-22-35(32)44(36)37/h5-29H,1-4H3. The van der Waals surface area contributed by atoms with E-state index in [9.17, 15) is 0 Å². The highest BCUT2D eigenvalue weighted by molar-refractivity contribution is 6.24. The van der Waals surface area contributed by atoms with Crippen LogP contribution in [0.15, 0.2) is 152 Å². The Hall–Kier alpha value is -6.18. The molecule has 0 amide bonds. The summed E-state index contributed by atoms with van der Waals surface area (Å²) in [6, 6.07) is 57.1. The highest BCUT2D eigenvalue weighted by Gasteiger charge is 2.48. The summed E-state index contributed by atoms with van der Waals surface area (Å²) in [7, 11) is 0. The van der Waals surface area contributed by atoms with E-state index in [0.717, 1.165) is 0 Å². The van der Waals surface area contributed by atoms with Gasteiger partial charge in [-0.2, -0.15) is 0 Å². The van der Waals surface area contributed by atoms with Crippen LogP contribution in [0, 0.1) is 0 Å². The fourth-order valence-electron chi connectivity index (χ4n) is 10.9. The minimum Gasteiger partial charge on any atom is -0.309 e. The van der Waals surface area contributed by atoms with Gasteiger partial charge in [0, 0.05) is 32.9 Å². The molecule has 0 fully saturated rings. The van der Waals surface area contributed by atoms with Crippen LogP contribution in [0.4, 0.5) is 0 Å². The zero-order chi connectivity index (χ0) is 35.4. The highest BCUT2D eigenvalue weighted by Crippen LogP contribution is 2.63. The van der Waals surface area contributed by atoms with E-state index in [1.807, 2.05) is 0 Å². The largest absolute Gasteiger partial charge is 0.309 e. The maximum atomic E-state index is 2.59. The second kappa shape index (κ2) is 9.82. The van der Waals surface area contributed by atoms with Gasteiger partial charge >= 0.3 is 0 Å². The topological polar surface area (TPSA) is 4.93 Å². The molecule has 0 N–H and O–H groups in total. The predicted octanol–water partition coefficient (Wildman–Crippen LogP) is 13.9. The Balaban J connectivity index is 1.21. The van der Waals surface area contributed by atoms with Crippen molar-refractivity contribution in [3.8, 4) is 61.3 Å². The Bertz CT molecular complexity index is 3080. The minimum absolute atomic E-state index is 0.137. The van der Waals surface area contributed by atoms with Gasteiger partial charge in [-0.1, -0.05) is 161 Å². The van der Waals surface area contributed by atoms with E-state index >= 15 is 0 Å². The van der Waals surface area contributed by atoms with Crippen molar-refractivity contribution in [3.05, 3.63) is 174 Å². The average molecular weight is 676 g/mol. The molecule has 3 aliphatic rings. The van der Waals surface area contributed by atoms with Gasteiger partial charge in [0.05, 0.1) is 11.0 Å². The lowest BCUT2D eigenvalue weighted by molar-refractivity contribution is 0.602. The van der Waals surface area contributed by atoms with Crippen molar-refractivity contribution in [2.75, 3.05) is 0 Å². The van der Waals surface area contributed by atoms with Crippen molar-refractivity contribution in [3.63, 3.8) is 0 Å². The summed E-state index contributed by atoms with van der Waals surface area (Å²) in [5.74, 6) is 0. The van der Waals surface area contributed by atoms with Crippen molar-refractivity contribution < 1.29 is 0 Å². The van der Waals surface area contributed by atoms with Gasteiger partial charge < -0.3 is 4.57 Å². The third-order valence-corrected chi connectivity index (χ3v) is 13.1. The Morgan fingerprint density at radius 1 is 0.396 bits per heavy atom. The molecule has 8 aromatic carbocycles. The lowest BCUT2D eigenvalue weighted by Gasteiger charge is -2.31. The van der Waals surface area contributed by atoms with E-state index in [1.165, 1.54) is 116 Å². The first-order valence-electron chi connectivity index (χ1n) is 19.0. The summed E-state index contributed by atoms with van der Waals surface area (Å²) >= 11 is 0. The molecule has 12 rings (SSSR count). The molecule has 0 aliphatic heterocycles. The van der Waals surface area contributed by atoms with Gasteiger partial charge in [-0.25, -0.2) is 0 Å².